The van der Waals surface area contributed by atoms with Crippen LogP contribution in [0.5, 0.6) is 0 Å². The van der Waals surface area contributed by atoms with Gasteiger partial charge in [-0.05, 0) is 23.3 Å². The van der Waals surface area contributed by atoms with Gasteiger partial charge in [-0.25, -0.2) is 4.57 Å². The Hall–Kier alpha value is -2.42. The second-order valence-corrected chi connectivity index (χ2v) is 4.33. The molecule has 1 aromatic carbocycles. The van der Waals surface area contributed by atoms with Crippen LogP contribution in [-0.4, -0.2) is 13.0 Å². The molecule has 2 aromatic rings. The summed E-state index contributed by atoms with van der Waals surface area (Å²) < 4.78 is 2.00. The smallest absolute Gasteiger partial charge is 0.251 e. The molecule has 19 heavy (non-hydrogen) atoms. The quantitative estimate of drug-likeness (QED) is 0.834. The number of amides is 1. The van der Waals surface area contributed by atoms with Gasteiger partial charge < -0.3 is 5.32 Å². The Labute approximate surface area is 113 Å². The number of aryl methyl sites for hydroxylation is 1. The number of pyridine rings is 1. The van der Waals surface area contributed by atoms with Crippen molar-refractivity contribution in [3.63, 3.8) is 0 Å². The average molecular weight is 253 g/mol. The van der Waals surface area contributed by atoms with Crippen LogP contribution in [0, 0.1) is 0 Å². The molecule has 2 rings (SSSR count). The molecule has 1 amide bonds. The predicted molar refractivity (Wildman–Crippen MR) is 76.4 cm³/mol. The summed E-state index contributed by atoms with van der Waals surface area (Å²) in [6.07, 6.45) is 8.10. The normalized spacial score (nSPS) is 10.6. The highest BCUT2D eigenvalue weighted by molar-refractivity contribution is 5.94. The van der Waals surface area contributed by atoms with Crippen molar-refractivity contribution in [3.05, 3.63) is 65.5 Å². The van der Waals surface area contributed by atoms with Gasteiger partial charge >= 0.3 is 0 Å². The minimum atomic E-state index is -0.0638. The second kappa shape index (κ2) is 5.96. The lowest BCUT2D eigenvalue weighted by atomic mass is 10.1. The molecule has 0 aliphatic carbocycles. The van der Waals surface area contributed by atoms with Gasteiger partial charge in [0.25, 0.3) is 5.91 Å². The highest BCUT2D eigenvalue weighted by Gasteiger charge is 2.00. The van der Waals surface area contributed by atoms with Crippen LogP contribution in [0.3, 0.4) is 0 Å². The zero-order valence-electron chi connectivity index (χ0n) is 11.1. The minimum Gasteiger partial charge on any atom is -0.355 e. The van der Waals surface area contributed by atoms with E-state index in [0.29, 0.717) is 5.56 Å². The van der Waals surface area contributed by atoms with Gasteiger partial charge in [0.2, 0.25) is 0 Å². The van der Waals surface area contributed by atoms with Gasteiger partial charge in [-0.15, -0.1) is 0 Å². The fourth-order valence-electron chi connectivity index (χ4n) is 1.71. The lowest BCUT2D eigenvalue weighted by molar-refractivity contribution is -0.671. The van der Waals surface area contributed by atoms with E-state index in [-0.39, 0.29) is 5.91 Å². The van der Waals surface area contributed by atoms with Gasteiger partial charge in [-0.2, -0.15) is 0 Å². The highest BCUT2D eigenvalue weighted by Crippen LogP contribution is 2.09. The third kappa shape index (κ3) is 3.52. The third-order valence-corrected chi connectivity index (χ3v) is 2.87. The summed E-state index contributed by atoms with van der Waals surface area (Å²) >= 11 is 0. The first kappa shape index (κ1) is 13.0. The number of nitrogens with one attached hydrogen (secondary N) is 1. The third-order valence-electron chi connectivity index (χ3n) is 2.87. The molecule has 0 saturated heterocycles. The topological polar surface area (TPSA) is 33.0 Å². The summed E-state index contributed by atoms with van der Waals surface area (Å²) in [5.74, 6) is -0.0638. The Bertz CT molecular complexity index is 583. The number of aromatic nitrogens is 1. The zero-order valence-corrected chi connectivity index (χ0v) is 11.1. The molecule has 0 bridgehead atoms. The summed E-state index contributed by atoms with van der Waals surface area (Å²) in [4.78, 5) is 11.4. The number of rotatable bonds is 3. The minimum absolute atomic E-state index is 0.0638. The zero-order chi connectivity index (χ0) is 13.7. The molecule has 96 valence electrons. The molecule has 0 fully saturated rings. The largest absolute Gasteiger partial charge is 0.355 e. The average Bonchev–Trinajstić information content (AvgIpc) is 2.46. The molecule has 0 aliphatic heterocycles. The fraction of sp³-hybridized carbons (Fsp3) is 0.125. The van der Waals surface area contributed by atoms with E-state index in [2.05, 4.69) is 23.5 Å². The van der Waals surface area contributed by atoms with Crippen molar-refractivity contribution >= 4 is 18.1 Å². The van der Waals surface area contributed by atoms with E-state index in [1.807, 2.05) is 54.3 Å². The maximum absolute atomic E-state index is 11.4. The van der Waals surface area contributed by atoms with Gasteiger partial charge in [0.05, 0.1) is 0 Å². The van der Waals surface area contributed by atoms with Crippen molar-refractivity contribution in [3.8, 4) is 0 Å². The van der Waals surface area contributed by atoms with E-state index < -0.39 is 0 Å². The van der Waals surface area contributed by atoms with Crippen LogP contribution in [0.4, 0.5) is 0 Å². The summed E-state index contributed by atoms with van der Waals surface area (Å²) in [5, 5.41) is 2.60. The first-order valence-electron chi connectivity index (χ1n) is 6.14. The van der Waals surface area contributed by atoms with Crippen molar-refractivity contribution in [1.82, 2.24) is 5.32 Å². The number of carbonyl (C=O) groups is 1. The van der Waals surface area contributed by atoms with E-state index >= 15 is 0 Å². The predicted octanol–water partition coefficient (Wildman–Crippen LogP) is 2.04. The van der Waals surface area contributed by atoms with E-state index in [9.17, 15) is 4.79 Å². The second-order valence-electron chi connectivity index (χ2n) is 4.33. The van der Waals surface area contributed by atoms with Crippen LogP contribution in [-0.2, 0) is 7.05 Å². The van der Waals surface area contributed by atoms with E-state index in [1.165, 1.54) is 0 Å². The van der Waals surface area contributed by atoms with Crippen molar-refractivity contribution < 1.29 is 9.36 Å². The number of hydrogen-bond donors (Lipinski definition) is 1. The Morgan fingerprint density at radius 1 is 1.00 bits per heavy atom. The Morgan fingerprint density at radius 2 is 1.53 bits per heavy atom. The lowest BCUT2D eigenvalue weighted by Gasteiger charge is -1.99. The molecule has 0 spiro atoms. The lowest BCUT2D eigenvalue weighted by Crippen LogP contribution is -2.25. The van der Waals surface area contributed by atoms with Gasteiger partial charge in [-0.1, -0.05) is 24.3 Å². The number of benzene rings is 1. The molecule has 1 heterocycles. The molecule has 1 N–H and O–H groups in total. The van der Waals surface area contributed by atoms with Crippen LogP contribution >= 0.6 is 0 Å². The van der Waals surface area contributed by atoms with Crippen molar-refractivity contribution in [1.29, 1.82) is 0 Å². The van der Waals surface area contributed by atoms with Crippen LogP contribution < -0.4 is 9.88 Å². The maximum Gasteiger partial charge on any atom is 0.251 e. The Kier molecular flexibility index (Phi) is 4.08. The van der Waals surface area contributed by atoms with E-state index in [0.717, 1.165) is 11.1 Å². The van der Waals surface area contributed by atoms with Crippen LogP contribution in [0.1, 0.15) is 21.5 Å². The molecule has 0 atom stereocenters. The monoisotopic (exact) mass is 253 g/mol. The molecular weight excluding hydrogens is 236 g/mol. The summed E-state index contributed by atoms with van der Waals surface area (Å²) in [6.45, 7) is 0. The summed E-state index contributed by atoms with van der Waals surface area (Å²) in [6, 6.07) is 11.6. The molecular formula is C16H17N2O+. The number of nitrogens with zero attached hydrogens (tertiary/aromatic N) is 1. The standard InChI is InChI=1S/C16H16N2O/c1-17-16(19)15-7-5-13(6-8-15)3-4-14-9-11-18(2)12-10-14/h3-12H,1-2H3/p+1. The number of carbonyl (C=O) groups excluding carboxylic acids is 1. The molecule has 0 radical (unpaired) electrons. The molecule has 0 aliphatic rings. The van der Waals surface area contributed by atoms with Gasteiger partial charge in [0, 0.05) is 24.7 Å². The molecule has 3 nitrogen and oxygen atoms in total. The van der Waals surface area contributed by atoms with Gasteiger partial charge in [0.15, 0.2) is 12.4 Å². The van der Waals surface area contributed by atoms with Crippen molar-refractivity contribution in [2.45, 2.75) is 0 Å². The summed E-state index contributed by atoms with van der Waals surface area (Å²) in [7, 11) is 3.62. The molecule has 3 heteroatoms. The fourth-order valence-corrected chi connectivity index (χ4v) is 1.71. The first-order valence-corrected chi connectivity index (χ1v) is 6.14. The molecule has 0 saturated carbocycles. The maximum atomic E-state index is 11.4. The summed E-state index contributed by atoms with van der Waals surface area (Å²) in [5.41, 5.74) is 2.89. The molecule has 0 unspecified atom stereocenters. The molecule has 1 aromatic heterocycles. The Morgan fingerprint density at radius 3 is 2.05 bits per heavy atom. The first-order chi connectivity index (χ1) is 9.19. The van der Waals surface area contributed by atoms with Gasteiger partial charge in [-0.3, -0.25) is 4.79 Å². The number of hydrogen-bond acceptors (Lipinski definition) is 1. The van der Waals surface area contributed by atoms with Crippen molar-refractivity contribution in [2.24, 2.45) is 7.05 Å². The highest BCUT2D eigenvalue weighted by atomic mass is 16.1. The van der Waals surface area contributed by atoms with Gasteiger partial charge in [0.1, 0.15) is 7.05 Å². The van der Waals surface area contributed by atoms with Crippen molar-refractivity contribution in [2.75, 3.05) is 7.05 Å². The van der Waals surface area contributed by atoms with Crippen LogP contribution in [0.15, 0.2) is 48.8 Å². The Balaban J connectivity index is 2.11. The van der Waals surface area contributed by atoms with Crippen LogP contribution in [0.2, 0.25) is 0 Å². The van der Waals surface area contributed by atoms with E-state index in [1.54, 1.807) is 7.05 Å². The van der Waals surface area contributed by atoms with E-state index in [4.69, 9.17) is 0 Å². The SMILES string of the molecule is CNC(=O)c1ccc(C=Cc2cc[n+](C)cc2)cc1. The van der Waals surface area contributed by atoms with Crippen LogP contribution in [0.25, 0.3) is 12.2 Å².